The van der Waals surface area contributed by atoms with Gasteiger partial charge in [0.15, 0.2) is 0 Å². The van der Waals surface area contributed by atoms with Crippen molar-refractivity contribution in [1.82, 2.24) is 9.97 Å². The van der Waals surface area contributed by atoms with Gasteiger partial charge in [-0.05, 0) is 79.3 Å². The lowest BCUT2D eigenvalue weighted by atomic mass is 9.92. The maximum absolute atomic E-state index is 14.3. The molecule has 246 valence electrons. The third-order valence-corrected chi connectivity index (χ3v) is 8.92. The Labute approximate surface area is 271 Å². The maximum atomic E-state index is 14.3. The number of piperidine rings is 1. The first kappa shape index (κ1) is 33.2. The normalized spacial score (nSPS) is 16.1. The molecule has 46 heavy (non-hydrogen) atoms. The van der Waals surface area contributed by atoms with Crippen LogP contribution in [0.25, 0.3) is 0 Å². The minimum atomic E-state index is -0.775. The van der Waals surface area contributed by atoms with E-state index in [0.29, 0.717) is 54.6 Å². The van der Waals surface area contributed by atoms with Gasteiger partial charge in [0.1, 0.15) is 11.6 Å². The molecule has 0 radical (unpaired) electrons. The van der Waals surface area contributed by atoms with E-state index in [1.165, 1.54) is 0 Å². The van der Waals surface area contributed by atoms with Crippen LogP contribution in [0.5, 0.6) is 11.6 Å². The highest BCUT2D eigenvalue weighted by Crippen LogP contribution is 2.45. The molecule has 0 spiro atoms. The average molecular weight is 631 g/mol. The summed E-state index contributed by atoms with van der Waals surface area (Å²) in [6.45, 7) is 7.14. The molecule has 1 atom stereocenters. The molecule has 0 bridgehead atoms. The molecule has 3 heterocycles. The lowest BCUT2D eigenvalue weighted by Gasteiger charge is -2.36. The van der Waals surface area contributed by atoms with Crippen LogP contribution < -0.4 is 19.3 Å². The highest BCUT2D eigenvalue weighted by atomic mass is 16.5. The molecule has 10 heteroatoms. The SMILES string of the molecule is COCC(C)(C)CN(C(=O)c1ccc(OC)cc1N1CCC(COc2cc(C(CC(=O)O)C3CC3)ccn2)CC1)c1ccccn1. The van der Waals surface area contributed by atoms with Gasteiger partial charge in [0.25, 0.3) is 5.91 Å². The molecule has 1 saturated carbocycles. The molecule has 1 N–H and O–H groups in total. The Bertz CT molecular complexity index is 1470. The predicted molar refractivity (Wildman–Crippen MR) is 177 cm³/mol. The van der Waals surface area contributed by atoms with Crippen molar-refractivity contribution in [2.24, 2.45) is 17.3 Å². The summed E-state index contributed by atoms with van der Waals surface area (Å²) < 4.78 is 17.2. The van der Waals surface area contributed by atoms with Crippen LogP contribution in [0, 0.1) is 17.3 Å². The van der Waals surface area contributed by atoms with Gasteiger partial charge in [0.05, 0.1) is 38.0 Å². The first-order valence-corrected chi connectivity index (χ1v) is 16.1. The number of hydrogen-bond donors (Lipinski definition) is 1. The second kappa shape index (κ2) is 14.9. The minimum Gasteiger partial charge on any atom is -0.497 e. The van der Waals surface area contributed by atoms with Crippen LogP contribution in [-0.4, -0.2) is 74.0 Å². The van der Waals surface area contributed by atoms with E-state index in [4.69, 9.17) is 14.2 Å². The Morgan fingerprint density at radius 2 is 1.80 bits per heavy atom. The van der Waals surface area contributed by atoms with Crippen LogP contribution in [-0.2, 0) is 9.53 Å². The van der Waals surface area contributed by atoms with Crippen molar-refractivity contribution in [1.29, 1.82) is 0 Å². The molecule has 1 amide bonds. The molecule has 2 fully saturated rings. The number of hydrogen-bond acceptors (Lipinski definition) is 8. The zero-order chi connectivity index (χ0) is 32.7. The van der Waals surface area contributed by atoms with Gasteiger partial charge < -0.3 is 24.2 Å². The molecule has 10 nitrogen and oxygen atoms in total. The first-order chi connectivity index (χ1) is 22.2. The van der Waals surface area contributed by atoms with Crippen molar-refractivity contribution in [3.63, 3.8) is 0 Å². The number of anilines is 2. The maximum Gasteiger partial charge on any atom is 0.303 e. The predicted octanol–water partition coefficient (Wildman–Crippen LogP) is 6.07. The fourth-order valence-electron chi connectivity index (χ4n) is 6.38. The molecule has 1 unspecified atom stereocenters. The van der Waals surface area contributed by atoms with Crippen molar-refractivity contribution in [2.75, 3.05) is 56.9 Å². The van der Waals surface area contributed by atoms with Crippen LogP contribution in [0.2, 0.25) is 0 Å². The Morgan fingerprint density at radius 3 is 2.46 bits per heavy atom. The van der Waals surface area contributed by atoms with E-state index in [0.717, 1.165) is 50.0 Å². The summed E-state index contributed by atoms with van der Waals surface area (Å²) in [4.78, 5) is 38.7. The number of ether oxygens (including phenoxy) is 3. The number of carboxylic acid groups (broad SMARTS) is 1. The monoisotopic (exact) mass is 630 g/mol. The van der Waals surface area contributed by atoms with Gasteiger partial charge in [-0.15, -0.1) is 0 Å². The summed E-state index contributed by atoms with van der Waals surface area (Å²) >= 11 is 0. The lowest BCUT2D eigenvalue weighted by molar-refractivity contribution is -0.137. The number of carboxylic acids is 1. The largest absolute Gasteiger partial charge is 0.497 e. The van der Waals surface area contributed by atoms with E-state index >= 15 is 0 Å². The number of carbonyl (C=O) groups is 2. The van der Waals surface area contributed by atoms with E-state index in [2.05, 4.69) is 28.7 Å². The summed E-state index contributed by atoms with van der Waals surface area (Å²) in [5.74, 6) is 1.69. The second-order valence-electron chi connectivity index (χ2n) is 13.3. The van der Waals surface area contributed by atoms with Crippen molar-refractivity contribution in [3.8, 4) is 11.6 Å². The molecular formula is C36H46N4O6. The second-order valence-corrected chi connectivity index (χ2v) is 13.3. The lowest BCUT2D eigenvalue weighted by Crippen LogP contribution is -2.42. The summed E-state index contributed by atoms with van der Waals surface area (Å²) in [5, 5.41) is 9.40. The van der Waals surface area contributed by atoms with Crippen molar-refractivity contribution in [2.45, 2.75) is 51.9 Å². The average Bonchev–Trinajstić information content (AvgIpc) is 3.91. The standard InChI is InChI=1S/C36H46N4O6/c1-36(2,24-44-3)23-40(32-7-5-6-15-37-32)35(43)29-11-10-28(45-4)20-31(29)39-17-13-25(14-18-39)22-46-33-19-27(12-16-38-33)30(21-34(41)42)26-8-9-26/h5-7,10-12,15-16,19-20,25-26,30H,8-9,13-14,17-18,21-24H2,1-4H3,(H,41,42). The van der Waals surface area contributed by atoms with E-state index in [1.54, 1.807) is 31.5 Å². The zero-order valence-corrected chi connectivity index (χ0v) is 27.4. The quantitative estimate of drug-likeness (QED) is 0.214. The number of pyridine rings is 2. The Kier molecular flexibility index (Phi) is 10.8. The third-order valence-electron chi connectivity index (χ3n) is 8.92. The number of aromatic nitrogens is 2. The number of carbonyl (C=O) groups excluding carboxylic acids is 1. The van der Waals surface area contributed by atoms with Crippen LogP contribution in [0.15, 0.2) is 60.9 Å². The molecule has 1 aliphatic carbocycles. The molecule has 5 rings (SSSR count). The van der Waals surface area contributed by atoms with Crippen molar-refractivity contribution in [3.05, 3.63) is 72.1 Å². The molecule has 1 aromatic carbocycles. The zero-order valence-electron chi connectivity index (χ0n) is 27.4. The van der Waals surface area contributed by atoms with Crippen LogP contribution in [0.3, 0.4) is 0 Å². The summed E-state index contributed by atoms with van der Waals surface area (Å²) in [7, 11) is 3.31. The number of amides is 1. The third kappa shape index (κ3) is 8.54. The van der Waals surface area contributed by atoms with Crippen molar-refractivity contribution >= 4 is 23.4 Å². The summed E-state index contributed by atoms with van der Waals surface area (Å²) in [5.41, 5.74) is 2.14. The molecule has 2 aromatic heterocycles. The Morgan fingerprint density at radius 1 is 1.02 bits per heavy atom. The van der Waals surface area contributed by atoms with Gasteiger partial charge in [0.2, 0.25) is 5.88 Å². The highest BCUT2D eigenvalue weighted by Gasteiger charge is 2.34. The van der Waals surface area contributed by atoms with Crippen LogP contribution >= 0.6 is 0 Å². The van der Waals surface area contributed by atoms with Gasteiger partial charge in [0, 0.05) is 56.7 Å². The molecule has 2 aliphatic rings. The van der Waals surface area contributed by atoms with Gasteiger partial charge in [-0.1, -0.05) is 19.9 Å². The van der Waals surface area contributed by atoms with Gasteiger partial charge in [-0.25, -0.2) is 9.97 Å². The fraction of sp³-hybridized carbons (Fsp3) is 0.500. The number of nitrogens with zero attached hydrogens (tertiary/aromatic N) is 4. The van der Waals surface area contributed by atoms with Crippen LogP contribution in [0.4, 0.5) is 11.5 Å². The molecular weight excluding hydrogens is 584 g/mol. The fourth-order valence-corrected chi connectivity index (χ4v) is 6.38. The first-order valence-electron chi connectivity index (χ1n) is 16.1. The smallest absolute Gasteiger partial charge is 0.303 e. The number of rotatable bonds is 15. The summed E-state index contributed by atoms with van der Waals surface area (Å²) in [6, 6.07) is 15.1. The van der Waals surface area contributed by atoms with E-state index < -0.39 is 5.97 Å². The highest BCUT2D eigenvalue weighted by molar-refractivity contribution is 6.09. The van der Waals surface area contributed by atoms with E-state index in [1.807, 2.05) is 48.5 Å². The Balaban J connectivity index is 1.27. The van der Waals surface area contributed by atoms with E-state index in [9.17, 15) is 14.7 Å². The number of methoxy groups -OCH3 is 2. The molecule has 1 saturated heterocycles. The molecule has 1 aliphatic heterocycles. The number of benzene rings is 1. The van der Waals surface area contributed by atoms with Crippen molar-refractivity contribution < 1.29 is 28.9 Å². The molecule has 3 aromatic rings. The number of aliphatic carboxylic acids is 1. The Hall–Kier alpha value is -4.18. The minimum absolute atomic E-state index is 0.00510. The van der Waals surface area contributed by atoms with Gasteiger partial charge >= 0.3 is 5.97 Å². The topological polar surface area (TPSA) is 114 Å². The van der Waals surface area contributed by atoms with Gasteiger partial charge in [-0.3, -0.25) is 14.5 Å². The summed E-state index contributed by atoms with van der Waals surface area (Å²) in [6.07, 6.45) is 7.47. The van der Waals surface area contributed by atoms with E-state index in [-0.39, 0.29) is 23.7 Å². The van der Waals surface area contributed by atoms with Crippen LogP contribution in [0.1, 0.15) is 67.8 Å². The van der Waals surface area contributed by atoms with Gasteiger partial charge in [-0.2, -0.15) is 0 Å².